The Kier molecular flexibility index (Phi) is 2.87. The zero-order valence-electron chi connectivity index (χ0n) is 7.08. The SMILES string of the molecule is C=CCC1(C(=O)O)CCCCO1. The van der Waals surface area contributed by atoms with Crippen molar-refractivity contribution in [3.8, 4) is 0 Å². The molecule has 3 heteroatoms. The van der Waals surface area contributed by atoms with Gasteiger partial charge in [-0.25, -0.2) is 4.79 Å². The fourth-order valence-electron chi connectivity index (χ4n) is 1.50. The predicted molar refractivity (Wildman–Crippen MR) is 45.0 cm³/mol. The fraction of sp³-hybridized carbons (Fsp3) is 0.667. The maximum Gasteiger partial charge on any atom is 0.336 e. The second kappa shape index (κ2) is 3.72. The third-order valence-corrected chi connectivity index (χ3v) is 2.22. The quantitative estimate of drug-likeness (QED) is 0.654. The van der Waals surface area contributed by atoms with Crippen molar-refractivity contribution in [1.82, 2.24) is 0 Å². The third-order valence-electron chi connectivity index (χ3n) is 2.22. The van der Waals surface area contributed by atoms with Crippen LogP contribution in [0.15, 0.2) is 12.7 Å². The first-order chi connectivity index (χ1) is 5.71. The number of ether oxygens (including phenoxy) is 1. The molecule has 0 aromatic heterocycles. The van der Waals surface area contributed by atoms with Gasteiger partial charge in [0, 0.05) is 13.0 Å². The van der Waals surface area contributed by atoms with Gasteiger partial charge in [-0.05, 0) is 19.3 Å². The van der Waals surface area contributed by atoms with Gasteiger partial charge in [0.05, 0.1) is 0 Å². The number of aliphatic carboxylic acids is 1. The van der Waals surface area contributed by atoms with E-state index in [0.717, 1.165) is 12.8 Å². The Bertz CT molecular complexity index is 180. The summed E-state index contributed by atoms with van der Waals surface area (Å²) in [5, 5.41) is 8.95. The molecule has 1 rings (SSSR count). The van der Waals surface area contributed by atoms with Gasteiger partial charge in [0.15, 0.2) is 5.60 Å². The van der Waals surface area contributed by atoms with E-state index in [2.05, 4.69) is 6.58 Å². The van der Waals surface area contributed by atoms with E-state index in [0.29, 0.717) is 19.4 Å². The van der Waals surface area contributed by atoms with Gasteiger partial charge >= 0.3 is 5.97 Å². The van der Waals surface area contributed by atoms with Crippen LogP contribution in [0.1, 0.15) is 25.7 Å². The van der Waals surface area contributed by atoms with Gasteiger partial charge in [0.2, 0.25) is 0 Å². The van der Waals surface area contributed by atoms with E-state index in [-0.39, 0.29) is 0 Å². The normalized spacial score (nSPS) is 29.7. The first-order valence-corrected chi connectivity index (χ1v) is 4.19. The average molecular weight is 170 g/mol. The fourth-order valence-corrected chi connectivity index (χ4v) is 1.50. The van der Waals surface area contributed by atoms with Crippen LogP contribution >= 0.6 is 0 Å². The Hall–Kier alpha value is -0.830. The number of hydrogen-bond donors (Lipinski definition) is 1. The Labute approximate surface area is 72.0 Å². The molecule has 1 aliphatic rings. The Morgan fingerprint density at radius 3 is 2.83 bits per heavy atom. The lowest BCUT2D eigenvalue weighted by Crippen LogP contribution is -2.43. The molecular weight excluding hydrogens is 156 g/mol. The molecule has 0 amide bonds. The second-order valence-corrected chi connectivity index (χ2v) is 3.10. The van der Waals surface area contributed by atoms with Crippen molar-refractivity contribution < 1.29 is 14.6 Å². The van der Waals surface area contributed by atoms with Gasteiger partial charge in [-0.2, -0.15) is 0 Å². The molecule has 1 heterocycles. The van der Waals surface area contributed by atoms with Crippen molar-refractivity contribution in [1.29, 1.82) is 0 Å². The van der Waals surface area contributed by atoms with Crippen LogP contribution in [-0.2, 0) is 9.53 Å². The highest BCUT2D eigenvalue weighted by atomic mass is 16.5. The lowest BCUT2D eigenvalue weighted by atomic mass is 9.91. The minimum absolute atomic E-state index is 0.405. The van der Waals surface area contributed by atoms with Gasteiger partial charge < -0.3 is 9.84 Å². The van der Waals surface area contributed by atoms with Gasteiger partial charge in [0.25, 0.3) is 0 Å². The average Bonchev–Trinajstić information content (AvgIpc) is 2.06. The largest absolute Gasteiger partial charge is 0.479 e. The summed E-state index contributed by atoms with van der Waals surface area (Å²) < 4.78 is 5.30. The molecular formula is C9H14O3. The minimum Gasteiger partial charge on any atom is -0.479 e. The highest BCUT2D eigenvalue weighted by Crippen LogP contribution is 2.28. The topological polar surface area (TPSA) is 46.5 Å². The zero-order valence-corrected chi connectivity index (χ0v) is 7.08. The molecule has 0 saturated carbocycles. The molecule has 1 fully saturated rings. The lowest BCUT2D eigenvalue weighted by molar-refractivity contribution is -0.171. The number of carboxylic acid groups (broad SMARTS) is 1. The van der Waals surface area contributed by atoms with Gasteiger partial charge in [0.1, 0.15) is 0 Å². The zero-order chi connectivity index (χ0) is 9.03. The maximum atomic E-state index is 10.9. The van der Waals surface area contributed by atoms with Gasteiger partial charge in [-0.1, -0.05) is 6.08 Å². The van der Waals surface area contributed by atoms with Crippen molar-refractivity contribution >= 4 is 5.97 Å². The first kappa shape index (κ1) is 9.26. The van der Waals surface area contributed by atoms with E-state index >= 15 is 0 Å². The third kappa shape index (κ3) is 1.67. The molecule has 1 unspecified atom stereocenters. The van der Waals surface area contributed by atoms with Crippen LogP contribution in [0.2, 0.25) is 0 Å². The molecule has 0 aromatic carbocycles. The Balaban J connectivity index is 2.69. The van der Waals surface area contributed by atoms with Gasteiger partial charge in [-0.3, -0.25) is 0 Å². The van der Waals surface area contributed by atoms with Crippen molar-refractivity contribution in [3.05, 3.63) is 12.7 Å². The highest BCUT2D eigenvalue weighted by Gasteiger charge is 2.39. The summed E-state index contributed by atoms with van der Waals surface area (Å²) in [6.45, 7) is 4.09. The number of rotatable bonds is 3. The number of carbonyl (C=O) groups is 1. The summed E-state index contributed by atoms with van der Waals surface area (Å²) in [6.07, 6.45) is 4.52. The number of carboxylic acids is 1. The smallest absolute Gasteiger partial charge is 0.336 e. The van der Waals surface area contributed by atoms with Crippen LogP contribution < -0.4 is 0 Å². The Morgan fingerprint density at radius 1 is 1.67 bits per heavy atom. The van der Waals surface area contributed by atoms with Crippen molar-refractivity contribution in [2.75, 3.05) is 6.61 Å². The summed E-state index contributed by atoms with van der Waals surface area (Å²) in [5.74, 6) is -0.859. The van der Waals surface area contributed by atoms with Crippen LogP contribution in [0.25, 0.3) is 0 Å². The van der Waals surface area contributed by atoms with Crippen molar-refractivity contribution in [3.63, 3.8) is 0 Å². The van der Waals surface area contributed by atoms with E-state index in [1.54, 1.807) is 6.08 Å². The molecule has 1 saturated heterocycles. The predicted octanol–water partition coefficient (Wildman–Crippen LogP) is 1.59. The van der Waals surface area contributed by atoms with Crippen LogP contribution in [-0.4, -0.2) is 23.3 Å². The van der Waals surface area contributed by atoms with Crippen molar-refractivity contribution in [2.45, 2.75) is 31.3 Å². The lowest BCUT2D eigenvalue weighted by Gasteiger charge is -2.32. The van der Waals surface area contributed by atoms with Crippen LogP contribution in [0.5, 0.6) is 0 Å². The molecule has 1 aliphatic heterocycles. The van der Waals surface area contributed by atoms with E-state index in [1.165, 1.54) is 0 Å². The monoisotopic (exact) mass is 170 g/mol. The molecule has 0 bridgehead atoms. The van der Waals surface area contributed by atoms with Crippen LogP contribution in [0.4, 0.5) is 0 Å². The van der Waals surface area contributed by atoms with E-state index < -0.39 is 11.6 Å². The molecule has 0 radical (unpaired) electrons. The molecule has 3 nitrogen and oxygen atoms in total. The molecule has 0 aliphatic carbocycles. The van der Waals surface area contributed by atoms with E-state index in [9.17, 15) is 4.79 Å². The second-order valence-electron chi connectivity index (χ2n) is 3.10. The Morgan fingerprint density at radius 2 is 2.42 bits per heavy atom. The van der Waals surface area contributed by atoms with E-state index in [1.807, 2.05) is 0 Å². The summed E-state index contributed by atoms with van der Waals surface area (Å²) >= 11 is 0. The first-order valence-electron chi connectivity index (χ1n) is 4.19. The summed E-state index contributed by atoms with van der Waals surface area (Å²) in [6, 6.07) is 0. The number of hydrogen-bond acceptors (Lipinski definition) is 2. The summed E-state index contributed by atoms with van der Waals surface area (Å²) in [7, 11) is 0. The summed E-state index contributed by atoms with van der Waals surface area (Å²) in [4.78, 5) is 10.9. The van der Waals surface area contributed by atoms with Crippen molar-refractivity contribution in [2.24, 2.45) is 0 Å². The highest BCUT2D eigenvalue weighted by molar-refractivity contribution is 5.77. The molecule has 12 heavy (non-hydrogen) atoms. The molecule has 1 N–H and O–H groups in total. The van der Waals surface area contributed by atoms with Crippen LogP contribution in [0.3, 0.4) is 0 Å². The molecule has 0 spiro atoms. The minimum atomic E-state index is -0.972. The van der Waals surface area contributed by atoms with E-state index in [4.69, 9.17) is 9.84 Å². The van der Waals surface area contributed by atoms with Crippen LogP contribution in [0, 0.1) is 0 Å². The molecule has 68 valence electrons. The maximum absolute atomic E-state index is 10.9. The molecule has 1 atom stereocenters. The summed E-state index contributed by atoms with van der Waals surface area (Å²) in [5.41, 5.74) is -0.972. The standard InChI is InChI=1S/C9H14O3/c1-2-5-9(8(10)11)6-3-4-7-12-9/h2H,1,3-7H2,(H,10,11). The molecule has 0 aromatic rings. The van der Waals surface area contributed by atoms with Gasteiger partial charge in [-0.15, -0.1) is 6.58 Å².